The van der Waals surface area contributed by atoms with Crippen molar-refractivity contribution < 1.29 is 9.53 Å². The van der Waals surface area contributed by atoms with Gasteiger partial charge in [-0.1, -0.05) is 42.4 Å². The first-order chi connectivity index (χ1) is 18.2. The van der Waals surface area contributed by atoms with Gasteiger partial charge in [-0.2, -0.15) is 0 Å². The molecule has 9 heteroatoms. The lowest BCUT2D eigenvalue weighted by Crippen LogP contribution is -2.11. The number of ether oxygens (including phenoxy) is 1. The minimum Gasteiger partial charge on any atom is -0.439 e. The van der Waals surface area contributed by atoms with Crippen molar-refractivity contribution in [3.05, 3.63) is 89.9 Å². The highest BCUT2D eigenvalue weighted by atomic mass is 35.5. The maximum atomic E-state index is 12.0. The first-order valence-electron chi connectivity index (χ1n) is 11.8. The number of rotatable bonds is 6. The predicted molar refractivity (Wildman–Crippen MR) is 151 cm³/mol. The van der Waals surface area contributed by atoms with E-state index in [1.54, 1.807) is 19.1 Å². The smallest absolute Gasteiger partial charge is 0.250 e. The van der Waals surface area contributed by atoms with E-state index in [9.17, 15) is 4.79 Å². The Bertz CT molecular complexity index is 1690. The summed E-state index contributed by atoms with van der Waals surface area (Å²) in [5.74, 6) is 1.25. The maximum absolute atomic E-state index is 12.0. The summed E-state index contributed by atoms with van der Waals surface area (Å²) in [6.45, 7) is 7.18. The standard InChI is InChI=1S/C29H25ClN6O2/c1-16(2)29(37)35-20-9-5-19(6-10-20)26-24(25-27(31)32-15-33-28(25)36(26)4)18-7-11-21(12-8-18)38-23-14-13-22(30)17(3)34-23/h5-15H,1H2,2-4H3,(H,35,37)(H2,31,32,33). The minimum atomic E-state index is -0.225. The molecule has 0 fully saturated rings. The third-order valence-corrected chi connectivity index (χ3v) is 6.56. The number of hydrogen-bond donors (Lipinski definition) is 2. The van der Waals surface area contributed by atoms with Gasteiger partial charge >= 0.3 is 0 Å². The fourth-order valence-electron chi connectivity index (χ4n) is 4.23. The molecular weight excluding hydrogens is 500 g/mol. The zero-order valence-corrected chi connectivity index (χ0v) is 21.9. The molecule has 38 heavy (non-hydrogen) atoms. The predicted octanol–water partition coefficient (Wildman–Crippen LogP) is 6.55. The van der Waals surface area contributed by atoms with E-state index >= 15 is 0 Å². The van der Waals surface area contributed by atoms with Gasteiger partial charge in [0.2, 0.25) is 5.88 Å². The van der Waals surface area contributed by atoms with Gasteiger partial charge in [0.05, 0.1) is 21.8 Å². The van der Waals surface area contributed by atoms with Gasteiger partial charge in [-0.3, -0.25) is 4.79 Å². The number of nitrogens with one attached hydrogen (secondary N) is 1. The Kier molecular flexibility index (Phi) is 6.57. The van der Waals surface area contributed by atoms with E-state index in [4.69, 9.17) is 22.1 Å². The summed E-state index contributed by atoms with van der Waals surface area (Å²) < 4.78 is 7.93. The molecule has 0 atom stereocenters. The van der Waals surface area contributed by atoms with Crippen molar-refractivity contribution in [1.82, 2.24) is 19.5 Å². The molecule has 0 aliphatic rings. The molecule has 0 saturated heterocycles. The average molecular weight is 525 g/mol. The maximum Gasteiger partial charge on any atom is 0.250 e. The highest BCUT2D eigenvalue weighted by Gasteiger charge is 2.22. The molecule has 8 nitrogen and oxygen atoms in total. The molecule has 0 unspecified atom stereocenters. The van der Waals surface area contributed by atoms with Crippen LogP contribution in [0.15, 0.2) is 79.1 Å². The van der Waals surface area contributed by atoms with E-state index in [2.05, 4.69) is 26.8 Å². The molecule has 0 bridgehead atoms. The molecule has 5 rings (SSSR count). The van der Waals surface area contributed by atoms with Crippen LogP contribution in [0.2, 0.25) is 5.02 Å². The van der Waals surface area contributed by atoms with Gasteiger partial charge in [0, 0.05) is 29.9 Å². The van der Waals surface area contributed by atoms with Crippen LogP contribution in [0.3, 0.4) is 0 Å². The molecule has 0 aliphatic heterocycles. The van der Waals surface area contributed by atoms with Crippen LogP contribution in [0, 0.1) is 6.92 Å². The lowest BCUT2D eigenvalue weighted by Gasteiger charge is -2.11. The van der Waals surface area contributed by atoms with Crippen molar-refractivity contribution in [3.63, 3.8) is 0 Å². The number of pyridine rings is 1. The first-order valence-corrected chi connectivity index (χ1v) is 12.2. The largest absolute Gasteiger partial charge is 0.439 e. The summed E-state index contributed by atoms with van der Waals surface area (Å²) in [6.07, 6.45) is 1.46. The zero-order valence-electron chi connectivity index (χ0n) is 21.1. The summed E-state index contributed by atoms with van der Waals surface area (Å²) in [5, 5.41) is 4.18. The van der Waals surface area contributed by atoms with Gasteiger partial charge in [0.15, 0.2) is 0 Å². The van der Waals surface area contributed by atoms with Crippen LogP contribution in [0.4, 0.5) is 11.5 Å². The van der Waals surface area contributed by atoms with Crippen LogP contribution >= 0.6 is 11.6 Å². The first kappa shape index (κ1) is 25.0. The normalized spacial score (nSPS) is 10.9. The van der Waals surface area contributed by atoms with Crippen LogP contribution in [0.25, 0.3) is 33.4 Å². The van der Waals surface area contributed by atoms with Gasteiger partial charge in [-0.15, -0.1) is 0 Å². The van der Waals surface area contributed by atoms with Crippen molar-refractivity contribution in [2.75, 3.05) is 11.1 Å². The number of aromatic nitrogens is 4. The molecule has 0 aliphatic carbocycles. The molecule has 5 aromatic rings. The van der Waals surface area contributed by atoms with Gasteiger partial charge in [0.25, 0.3) is 5.91 Å². The van der Waals surface area contributed by atoms with E-state index in [-0.39, 0.29) is 5.91 Å². The fraction of sp³-hybridized carbons (Fsp3) is 0.103. The van der Waals surface area contributed by atoms with Gasteiger partial charge < -0.3 is 20.4 Å². The van der Waals surface area contributed by atoms with Crippen LogP contribution in [0.1, 0.15) is 12.6 Å². The number of anilines is 2. The number of halogens is 1. The quantitative estimate of drug-likeness (QED) is 0.244. The Morgan fingerprint density at radius 2 is 1.71 bits per heavy atom. The van der Waals surface area contributed by atoms with E-state index in [1.165, 1.54) is 6.33 Å². The second-order valence-corrected chi connectivity index (χ2v) is 9.30. The summed E-state index contributed by atoms with van der Waals surface area (Å²) in [5.41, 5.74) is 12.5. The number of fused-ring (bicyclic) bond motifs is 1. The number of nitrogens with zero attached hydrogens (tertiary/aromatic N) is 4. The highest BCUT2D eigenvalue weighted by Crippen LogP contribution is 2.42. The van der Waals surface area contributed by atoms with E-state index in [1.807, 2.05) is 67.1 Å². The number of benzene rings is 2. The molecule has 1 amide bonds. The molecule has 2 aromatic carbocycles. The van der Waals surface area contributed by atoms with Crippen LogP contribution in [-0.2, 0) is 11.8 Å². The Morgan fingerprint density at radius 3 is 2.37 bits per heavy atom. The monoisotopic (exact) mass is 524 g/mol. The van der Waals surface area contributed by atoms with Gasteiger partial charge in [-0.25, -0.2) is 15.0 Å². The number of carbonyl (C=O) groups is 1. The number of aryl methyl sites for hydroxylation is 2. The van der Waals surface area contributed by atoms with Crippen molar-refractivity contribution in [2.24, 2.45) is 7.05 Å². The topological polar surface area (TPSA) is 108 Å². The van der Waals surface area contributed by atoms with Crippen LogP contribution in [0.5, 0.6) is 11.6 Å². The third kappa shape index (κ3) is 4.69. The van der Waals surface area contributed by atoms with Crippen LogP contribution < -0.4 is 15.8 Å². The van der Waals surface area contributed by atoms with Crippen molar-refractivity contribution in [3.8, 4) is 34.0 Å². The van der Waals surface area contributed by atoms with Crippen LogP contribution in [-0.4, -0.2) is 25.4 Å². The Morgan fingerprint density at radius 1 is 1.03 bits per heavy atom. The summed E-state index contributed by atoms with van der Waals surface area (Å²) in [6, 6.07) is 18.8. The molecule has 190 valence electrons. The lowest BCUT2D eigenvalue weighted by atomic mass is 9.98. The minimum absolute atomic E-state index is 0.225. The second-order valence-electron chi connectivity index (χ2n) is 8.90. The molecule has 0 radical (unpaired) electrons. The Labute approximate surface area is 224 Å². The van der Waals surface area contributed by atoms with E-state index in [0.29, 0.717) is 45.1 Å². The molecule has 3 aromatic heterocycles. The summed E-state index contributed by atoms with van der Waals surface area (Å²) in [7, 11) is 1.94. The summed E-state index contributed by atoms with van der Waals surface area (Å²) >= 11 is 6.08. The van der Waals surface area contributed by atoms with Gasteiger partial charge in [-0.05, 0) is 55.3 Å². The number of carbonyl (C=O) groups excluding carboxylic acids is 1. The number of amides is 1. The fourth-order valence-corrected chi connectivity index (χ4v) is 4.34. The lowest BCUT2D eigenvalue weighted by molar-refractivity contribution is -0.112. The summed E-state index contributed by atoms with van der Waals surface area (Å²) in [4.78, 5) is 25.1. The van der Waals surface area contributed by atoms with Crippen molar-refractivity contribution in [2.45, 2.75) is 13.8 Å². The van der Waals surface area contributed by atoms with Gasteiger partial charge in [0.1, 0.15) is 23.5 Å². The SMILES string of the molecule is C=C(C)C(=O)Nc1ccc(-c2c(-c3ccc(Oc4ccc(Cl)c(C)n4)cc3)c3c(N)ncnc3n2C)cc1. The van der Waals surface area contributed by atoms with Crippen molar-refractivity contribution >= 4 is 40.0 Å². The molecule has 3 heterocycles. The second kappa shape index (κ2) is 9.99. The van der Waals surface area contributed by atoms with E-state index < -0.39 is 0 Å². The number of nitrogens with two attached hydrogens (primary N) is 1. The Balaban J connectivity index is 1.56. The molecule has 3 N–H and O–H groups in total. The zero-order chi connectivity index (χ0) is 27.0. The third-order valence-electron chi connectivity index (χ3n) is 6.16. The average Bonchev–Trinajstić information content (AvgIpc) is 3.20. The Hall–Kier alpha value is -4.69. The van der Waals surface area contributed by atoms with Crippen molar-refractivity contribution in [1.29, 1.82) is 0 Å². The highest BCUT2D eigenvalue weighted by molar-refractivity contribution is 6.31. The van der Waals surface area contributed by atoms with E-state index in [0.717, 1.165) is 27.8 Å². The number of nitrogen functional groups attached to an aromatic ring is 1. The molecular formula is C29H25ClN6O2. The molecule has 0 spiro atoms. The number of hydrogen-bond acceptors (Lipinski definition) is 6. The molecule has 0 saturated carbocycles.